The zero-order chi connectivity index (χ0) is 15.3. The minimum absolute atomic E-state index is 0.0183. The Morgan fingerprint density at radius 1 is 1.29 bits per heavy atom. The number of amides is 1. The molecule has 0 bridgehead atoms. The fourth-order valence-corrected chi connectivity index (χ4v) is 2.69. The Kier molecular flexibility index (Phi) is 5.37. The van der Waals surface area contributed by atoms with Gasteiger partial charge in [-0.2, -0.15) is 0 Å². The highest BCUT2D eigenvalue weighted by atomic mass is 16.5. The van der Waals surface area contributed by atoms with E-state index < -0.39 is 5.60 Å². The van der Waals surface area contributed by atoms with Crippen molar-refractivity contribution in [3.05, 3.63) is 35.9 Å². The van der Waals surface area contributed by atoms with Gasteiger partial charge in [0.25, 0.3) is 0 Å². The molecule has 0 aromatic heterocycles. The number of rotatable bonds is 5. The van der Waals surface area contributed by atoms with Crippen LogP contribution in [-0.2, 0) is 16.1 Å². The third-order valence-electron chi connectivity index (χ3n) is 3.68. The number of benzene rings is 1. The van der Waals surface area contributed by atoms with Gasteiger partial charge in [-0.1, -0.05) is 30.3 Å². The van der Waals surface area contributed by atoms with Gasteiger partial charge in [-0.3, -0.25) is 4.79 Å². The molecule has 0 atom stereocenters. The summed E-state index contributed by atoms with van der Waals surface area (Å²) in [6, 6.07) is 9.92. The van der Waals surface area contributed by atoms with E-state index in [1.54, 1.807) is 18.7 Å². The summed E-state index contributed by atoms with van der Waals surface area (Å²) in [6.07, 6.45) is 1.55. The molecule has 4 heteroatoms. The van der Waals surface area contributed by atoms with Crippen molar-refractivity contribution < 1.29 is 14.6 Å². The number of carbonyl (C=O) groups excluding carboxylic acids is 1. The molecule has 1 N–H and O–H groups in total. The van der Waals surface area contributed by atoms with E-state index in [9.17, 15) is 9.90 Å². The third-order valence-corrected chi connectivity index (χ3v) is 3.68. The van der Waals surface area contributed by atoms with Crippen LogP contribution in [0, 0.1) is 5.92 Å². The average molecular weight is 291 g/mol. The topological polar surface area (TPSA) is 49.8 Å². The van der Waals surface area contributed by atoms with Crippen LogP contribution in [0.3, 0.4) is 0 Å². The predicted molar refractivity (Wildman–Crippen MR) is 81.7 cm³/mol. The van der Waals surface area contributed by atoms with Gasteiger partial charge in [0, 0.05) is 32.2 Å². The molecule has 0 unspecified atom stereocenters. The van der Waals surface area contributed by atoms with Gasteiger partial charge in [0.05, 0.1) is 5.60 Å². The van der Waals surface area contributed by atoms with Crippen LogP contribution in [0.5, 0.6) is 0 Å². The molecule has 1 amide bonds. The second kappa shape index (κ2) is 7.05. The minimum atomic E-state index is -0.893. The van der Waals surface area contributed by atoms with Crippen molar-refractivity contribution in [2.75, 3.05) is 19.8 Å². The van der Waals surface area contributed by atoms with Crippen molar-refractivity contribution >= 4 is 5.91 Å². The van der Waals surface area contributed by atoms with Crippen LogP contribution in [0.1, 0.15) is 32.3 Å². The highest BCUT2D eigenvalue weighted by Crippen LogP contribution is 2.20. The molecule has 1 saturated heterocycles. The highest BCUT2D eigenvalue weighted by molar-refractivity contribution is 5.79. The summed E-state index contributed by atoms with van der Waals surface area (Å²) >= 11 is 0. The van der Waals surface area contributed by atoms with Gasteiger partial charge in [-0.25, -0.2) is 0 Å². The molecule has 1 aromatic rings. The van der Waals surface area contributed by atoms with E-state index in [0.29, 0.717) is 26.3 Å². The van der Waals surface area contributed by atoms with E-state index in [-0.39, 0.29) is 11.8 Å². The molecular formula is C17H25NO3. The number of aliphatic hydroxyl groups is 1. The van der Waals surface area contributed by atoms with Gasteiger partial charge >= 0.3 is 0 Å². The van der Waals surface area contributed by atoms with E-state index in [2.05, 4.69) is 0 Å². The van der Waals surface area contributed by atoms with Crippen molar-refractivity contribution in [2.24, 2.45) is 5.92 Å². The van der Waals surface area contributed by atoms with Crippen molar-refractivity contribution in [1.29, 1.82) is 0 Å². The fraction of sp³-hybridized carbons (Fsp3) is 0.588. The fourth-order valence-electron chi connectivity index (χ4n) is 2.69. The minimum Gasteiger partial charge on any atom is -0.389 e. The van der Waals surface area contributed by atoms with Crippen LogP contribution in [0.25, 0.3) is 0 Å². The molecular weight excluding hydrogens is 266 g/mol. The first-order chi connectivity index (χ1) is 9.96. The lowest BCUT2D eigenvalue weighted by atomic mass is 9.97. The zero-order valence-corrected chi connectivity index (χ0v) is 12.9. The molecule has 116 valence electrons. The van der Waals surface area contributed by atoms with Crippen LogP contribution in [0.4, 0.5) is 0 Å². The lowest BCUT2D eigenvalue weighted by Crippen LogP contribution is -2.45. The Balaban J connectivity index is 2.09. The second-order valence-electron chi connectivity index (χ2n) is 6.38. The van der Waals surface area contributed by atoms with Crippen LogP contribution >= 0.6 is 0 Å². The first kappa shape index (κ1) is 16.0. The van der Waals surface area contributed by atoms with Crippen LogP contribution < -0.4 is 0 Å². The normalized spacial score (nSPS) is 16.7. The Morgan fingerprint density at radius 2 is 1.90 bits per heavy atom. The second-order valence-corrected chi connectivity index (χ2v) is 6.38. The highest BCUT2D eigenvalue weighted by Gasteiger charge is 2.29. The molecule has 0 radical (unpaired) electrons. The van der Waals surface area contributed by atoms with Gasteiger partial charge in [0.15, 0.2) is 0 Å². The van der Waals surface area contributed by atoms with Gasteiger partial charge in [0.2, 0.25) is 5.91 Å². The maximum atomic E-state index is 12.7. The largest absolute Gasteiger partial charge is 0.389 e. The molecule has 1 aromatic carbocycles. The molecule has 0 spiro atoms. The van der Waals surface area contributed by atoms with Crippen LogP contribution in [0.2, 0.25) is 0 Å². The Hall–Kier alpha value is -1.39. The first-order valence-electron chi connectivity index (χ1n) is 7.58. The zero-order valence-electron chi connectivity index (χ0n) is 12.9. The van der Waals surface area contributed by atoms with Crippen molar-refractivity contribution in [3.63, 3.8) is 0 Å². The Morgan fingerprint density at radius 3 is 2.48 bits per heavy atom. The van der Waals surface area contributed by atoms with E-state index in [1.807, 2.05) is 30.3 Å². The molecule has 1 aliphatic rings. The van der Waals surface area contributed by atoms with Crippen molar-refractivity contribution in [3.8, 4) is 0 Å². The van der Waals surface area contributed by atoms with E-state index in [0.717, 1.165) is 18.4 Å². The Bertz CT molecular complexity index is 447. The van der Waals surface area contributed by atoms with Gasteiger partial charge < -0.3 is 14.7 Å². The quantitative estimate of drug-likeness (QED) is 0.905. The number of hydrogen-bond acceptors (Lipinski definition) is 3. The average Bonchev–Trinajstić information content (AvgIpc) is 2.46. The lowest BCUT2D eigenvalue weighted by Gasteiger charge is -2.33. The summed E-state index contributed by atoms with van der Waals surface area (Å²) in [5.74, 6) is 0.147. The number of nitrogens with zero attached hydrogens (tertiary/aromatic N) is 1. The lowest BCUT2D eigenvalue weighted by molar-refractivity contribution is -0.142. The van der Waals surface area contributed by atoms with Crippen LogP contribution in [0.15, 0.2) is 30.3 Å². The smallest absolute Gasteiger partial charge is 0.226 e. The molecule has 0 aliphatic carbocycles. The standard InChI is InChI=1S/C17H25NO3/c1-17(2,20)13-18(12-14-6-4-3-5-7-14)16(19)15-8-10-21-11-9-15/h3-7,15,20H,8-13H2,1-2H3. The summed E-state index contributed by atoms with van der Waals surface area (Å²) in [4.78, 5) is 14.5. The molecule has 1 heterocycles. The van der Waals surface area contributed by atoms with Gasteiger partial charge in [-0.15, -0.1) is 0 Å². The Labute approximate surface area is 126 Å². The molecule has 4 nitrogen and oxygen atoms in total. The molecule has 1 fully saturated rings. The number of ether oxygens (including phenoxy) is 1. The van der Waals surface area contributed by atoms with E-state index >= 15 is 0 Å². The first-order valence-corrected chi connectivity index (χ1v) is 7.58. The van der Waals surface area contributed by atoms with E-state index in [4.69, 9.17) is 4.74 Å². The van der Waals surface area contributed by atoms with Gasteiger partial charge in [-0.05, 0) is 32.3 Å². The molecule has 1 aliphatic heterocycles. The monoisotopic (exact) mass is 291 g/mol. The number of hydrogen-bond donors (Lipinski definition) is 1. The summed E-state index contributed by atoms with van der Waals surface area (Å²) in [6.45, 7) is 5.67. The molecule has 0 saturated carbocycles. The summed E-state index contributed by atoms with van der Waals surface area (Å²) in [5, 5.41) is 10.1. The maximum absolute atomic E-state index is 12.7. The third kappa shape index (κ3) is 5.14. The predicted octanol–water partition coefficient (Wildman–Crippen LogP) is 2.21. The van der Waals surface area contributed by atoms with Crippen molar-refractivity contribution in [1.82, 2.24) is 4.90 Å². The summed E-state index contributed by atoms with van der Waals surface area (Å²) < 4.78 is 5.33. The SMILES string of the molecule is CC(C)(O)CN(Cc1ccccc1)C(=O)C1CCOCC1. The maximum Gasteiger partial charge on any atom is 0.226 e. The molecule has 2 rings (SSSR count). The van der Waals surface area contributed by atoms with E-state index in [1.165, 1.54) is 0 Å². The summed E-state index contributed by atoms with van der Waals surface area (Å²) in [7, 11) is 0. The number of carbonyl (C=O) groups is 1. The van der Waals surface area contributed by atoms with Crippen molar-refractivity contribution in [2.45, 2.75) is 38.8 Å². The summed E-state index contributed by atoms with van der Waals surface area (Å²) in [5.41, 5.74) is 0.192. The molecule has 21 heavy (non-hydrogen) atoms. The van der Waals surface area contributed by atoms with Crippen LogP contribution in [-0.4, -0.2) is 41.3 Å². The van der Waals surface area contributed by atoms with Gasteiger partial charge in [0.1, 0.15) is 0 Å².